The smallest absolute Gasteiger partial charge is 0.278 e. The third-order valence-electron chi connectivity index (χ3n) is 6.21. The predicted molar refractivity (Wildman–Crippen MR) is 118 cm³/mol. The zero-order chi connectivity index (χ0) is 22.1. The summed E-state index contributed by atoms with van der Waals surface area (Å²) >= 11 is 0. The number of amides is 2. The summed E-state index contributed by atoms with van der Waals surface area (Å²) in [4.78, 5) is 29.1. The van der Waals surface area contributed by atoms with E-state index >= 15 is 0 Å². The number of aromatic amines is 1. The molecule has 1 fully saturated rings. The number of aryl methyl sites for hydroxylation is 1. The number of fused-ring (bicyclic) bond motifs is 1. The number of rotatable bonds is 4. The average Bonchev–Trinajstić information content (AvgIpc) is 3.51. The lowest BCUT2D eigenvalue weighted by Gasteiger charge is -2.31. The van der Waals surface area contributed by atoms with Crippen LogP contribution in [0, 0.1) is 0 Å². The zero-order valence-corrected chi connectivity index (χ0v) is 18.0. The van der Waals surface area contributed by atoms with E-state index < -0.39 is 0 Å². The van der Waals surface area contributed by atoms with E-state index in [1.54, 1.807) is 22.7 Å². The third-order valence-corrected chi connectivity index (χ3v) is 6.21. The highest BCUT2D eigenvalue weighted by molar-refractivity contribution is 6.04. The summed E-state index contributed by atoms with van der Waals surface area (Å²) in [5.74, 6) is 0.689. The van der Waals surface area contributed by atoms with Gasteiger partial charge < -0.3 is 14.5 Å². The molecule has 9 nitrogen and oxygen atoms in total. The maximum Gasteiger partial charge on any atom is 0.278 e. The van der Waals surface area contributed by atoms with Gasteiger partial charge in [-0.05, 0) is 31.0 Å². The highest BCUT2D eigenvalue weighted by Crippen LogP contribution is 2.29. The summed E-state index contributed by atoms with van der Waals surface area (Å²) in [5, 5.41) is 11.7. The van der Waals surface area contributed by atoms with E-state index in [1.165, 1.54) is 0 Å². The first-order valence-electron chi connectivity index (χ1n) is 11.0. The van der Waals surface area contributed by atoms with Gasteiger partial charge in [0.05, 0.1) is 6.61 Å². The lowest BCUT2D eigenvalue weighted by Crippen LogP contribution is -2.38. The molecule has 2 aromatic heterocycles. The van der Waals surface area contributed by atoms with Crippen molar-refractivity contribution < 1.29 is 14.3 Å². The van der Waals surface area contributed by atoms with Crippen LogP contribution in [0.3, 0.4) is 0 Å². The molecule has 0 atom stereocenters. The molecule has 4 heterocycles. The van der Waals surface area contributed by atoms with Crippen molar-refractivity contribution in [1.29, 1.82) is 0 Å². The molecular weight excluding hydrogens is 408 g/mol. The molecule has 166 valence electrons. The monoisotopic (exact) mass is 434 g/mol. The second-order valence-electron chi connectivity index (χ2n) is 8.27. The van der Waals surface area contributed by atoms with Crippen LogP contribution in [0.25, 0.3) is 0 Å². The fraction of sp³-hybridized carbons (Fsp3) is 0.391. The molecule has 0 radical (unpaired) electrons. The average molecular weight is 435 g/mol. The number of hydrogen-bond acceptors (Lipinski definition) is 5. The molecule has 0 bridgehead atoms. The number of ether oxygens (including phenoxy) is 1. The highest BCUT2D eigenvalue weighted by Gasteiger charge is 2.29. The molecule has 1 N–H and O–H groups in total. The number of benzene rings is 1. The second-order valence-corrected chi connectivity index (χ2v) is 8.27. The largest absolute Gasteiger partial charge is 0.478 e. The molecule has 0 spiro atoms. The number of H-pyrrole nitrogens is 1. The maximum absolute atomic E-state index is 12.9. The summed E-state index contributed by atoms with van der Waals surface area (Å²) in [6.45, 7) is 2.73. The Kier molecular flexibility index (Phi) is 5.38. The number of anilines is 1. The van der Waals surface area contributed by atoms with Crippen LogP contribution in [0.1, 0.15) is 51.9 Å². The Balaban J connectivity index is 1.20. The number of hydrogen-bond donors (Lipinski definition) is 1. The fourth-order valence-electron chi connectivity index (χ4n) is 4.32. The molecule has 5 rings (SSSR count). The number of piperidine rings is 1. The number of carbonyl (C=O) groups is 2. The predicted octanol–water partition coefficient (Wildman–Crippen LogP) is 2.69. The van der Waals surface area contributed by atoms with Gasteiger partial charge in [0.2, 0.25) is 5.88 Å². The lowest BCUT2D eigenvalue weighted by atomic mass is 9.93. The third kappa shape index (κ3) is 3.86. The van der Waals surface area contributed by atoms with Gasteiger partial charge in [-0.2, -0.15) is 10.2 Å². The van der Waals surface area contributed by atoms with Gasteiger partial charge in [0, 0.05) is 56.5 Å². The molecule has 0 unspecified atom stereocenters. The van der Waals surface area contributed by atoms with E-state index in [-0.39, 0.29) is 17.7 Å². The standard InChI is InChI=1S/C23H26N6O3/c1-27(17-6-3-2-4-7-17)22(30)19-14-18(24-25-19)16-8-11-28(12-9-16)23(31)20-15-21-29(26-20)10-5-13-32-21/h2-4,6-7,14-16H,5,8-13H2,1H3,(H,24,25). The van der Waals surface area contributed by atoms with Crippen LogP contribution in [-0.2, 0) is 6.54 Å². The van der Waals surface area contributed by atoms with Gasteiger partial charge in [0.15, 0.2) is 11.4 Å². The van der Waals surface area contributed by atoms with E-state index in [0.717, 1.165) is 37.2 Å². The molecule has 1 saturated heterocycles. The van der Waals surface area contributed by atoms with Crippen molar-refractivity contribution >= 4 is 17.5 Å². The molecule has 2 amide bonds. The molecule has 0 saturated carbocycles. The summed E-state index contributed by atoms with van der Waals surface area (Å²) in [5.41, 5.74) is 2.60. The van der Waals surface area contributed by atoms with Crippen molar-refractivity contribution in [3.8, 4) is 5.88 Å². The Labute approximate surface area is 186 Å². The summed E-state index contributed by atoms with van der Waals surface area (Å²) in [7, 11) is 1.74. The van der Waals surface area contributed by atoms with Gasteiger partial charge in [-0.25, -0.2) is 4.68 Å². The van der Waals surface area contributed by atoms with Gasteiger partial charge in [0.25, 0.3) is 11.8 Å². The molecule has 9 heteroatoms. The summed E-state index contributed by atoms with van der Waals surface area (Å²) in [6.07, 6.45) is 2.52. The Bertz CT molecular complexity index is 1090. The normalized spacial score (nSPS) is 16.3. The second kappa shape index (κ2) is 8.49. The molecule has 2 aliphatic heterocycles. The minimum absolute atomic E-state index is 0.0566. The topological polar surface area (TPSA) is 96.4 Å². The Morgan fingerprint density at radius 2 is 1.88 bits per heavy atom. The molecule has 3 aromatic rings. The molecular formula is C23H26N6O3. The minimum Gasteiger partial charge on any atom is -0.478 e. The molecule has 1 aromatic carbocycles. The first kappa shape index (κ1) is 20.3. The van der Waals surface area contributed by atoms with Crippen molar-refractivity contribution in [3.63, 3.8) is 0 Å². The van der Waals surface area contributed by atoms with Crippen LogP contribution >= 0.6 is 0 Å². The SMILES string of the molecule is CN(C(=O)c1cc(C2CCN(C(=O)c3cc4n(n3)CCCO4)CC2)[nH]n1)c1ccccc1. The fourth-order valence-corrected chi connectivity index (χ4v) is 4.32. The lowest BCUT2D eigenvalue weighted by molar-refractivity contribution is 0.0705. The van der Waals surface area contributed by atoms with Gasteiger partial charge in [-0.1, -0.05) is 18.2 Å². The van der Waals surface area contributed by atoms with E-state index in [9.17, 15) is 9.59 Å². The van der Waals surface area contributed by atoms with Gasteiger partial charge in [-0.3, -0.25) is 14.7 Å². The van der Waals surface area contributed by atoms with Crippen molar-refractivity contribution in [2.24, 2.45) is 0 Å². The first-order chi connectivity index (χ1) is 15.6. The number of aromatic nitrogens is 4. The Hall–Kier alpha value is -3.62. The molecule has 0 aliphatic carbocycles. The van der Waals surface area contributed by atoms with Gasteiger partial charge in [0.1, 0.15) is 0 Å². The Morgan fingerprint density at radius 1 is 1.09 bits per heavy atom. The van der Waals surface area contributed by atoms with Crippen molar-refractivity contribution in [1.82, 2.24) is 24.9 Å². The highest BCUT2D eigenvalue weighted by atomic mass is 16.5. The van der Waals surface area contributed by atoms with Crippen LogP contribution in [-0.4, -0.2) is 63.4 Å². The van der Waals surface area contributed by atoms with E-state index in [2.05, 4.69) is 15.3 Å². The molecule has 2 aliphatic rings. The van der Waals surface area contributed by atoms with Crippen LogP contribution in [0.4, 0.5) is 5.69 Å². The van der Waals surface area contributed by atoms with Crippen LogP contribution in [0.5, 0.6) is 5.88 Å². The van der Waals surface area contributed by atoms with Gasteiger partial charge >= 0.3 is 0 Å². The molecule has 32 heavy (non-hydrogen) atoms. The van der Waals surface area contributed by atoms with E-state index in [4.69, 9.17) is 4.74 Å². The number of nitrogens with zero attached hydrogens (tertiary/aromatic N) is 5. The zero-order valence-electron chi connectivity index (χ0n) is 18.0. The van der Waals surface area contributed by atoms with Crippen molar-refractivity contribution in [2.45, 2.75) is 31.7 Å². The Morgan fingerprint density at radius 3 is 2.62 bits per heavy atom. The first-order valence-corrected chi connectivity index (χ1v) is 11.0. The maximum atomic E-state index is 12.9. The van der Waals surface area contributed by atoms with Crippen LogP contribution in [0.2, 0.25) is 0 Å². The minimum atomic E-state index is -0.155. The van der Waals surface area contributed by atoms with Crippen molar-refractivity contribution in [2.75, 3.05) is 31.6 Å². The van der Waals surface area contributed by atoms with Crippen LogP contribution < -0.4 is 9.64 Å². The quantitative estimate of drug-likeness (QED) is 0.681. The van der Waals surface area contributed by atoms with E-state index in [1.807, 2.05) is 41.3 Å². The number of likely N-dealkylation sites (tertiary alicyclic amines) is 1. The summed E-state index contributed by atoms with van der Waals surface area (Å²) < 4.78 is 7.33. The summed E-state index contributed by atoms with van der Waals surface area (Å²) in [6, 6.07) is 13.1. The number of para-hydroxylation sites is 1. The van der Waals surface area contributed by atoms with Crippen molar-refractivity contribution in [3.05, 3.63) is 59.5 Å². The van der Waals surface area contributed by atoms with Gasteiger partial charge in [-0.15, -0.1) is 0 Å². The number of carbonyl (C=O) groups excluding carboxylic acids is 2. The number of nitrogens with one attached hydrogen (secondary N) is 1. The van der Waals surface area contributed by atoms with Crippen LogP contribution in [0.15, 0.2) is 42.5 Å². The van der Waals surface area contributed by atoms with E-state index in [0.29, 0.717) is 37.0 Å².